The van der Waals surface area contributed by atoms with Gasteiger partial charge in [0.1, 0.15) is 23.1 Å². The number of hydrogen-bond donors (Lipinski definition) is 0. The molecular weight excluding hydrogens is 446 g/mol. The monoisotopic (exact) mass is 452 g/mol. The van der Waals surface area contributed by atoms with E-state index in [2.05, 4.69) is 14.0 Å². The Kier molecular flexibility index (Phi) is 6.23. The summed E-state index contributed by atoms with van der Waals surface area (Å²) in [5.74, 6) is -19.2. The minimum absolute atomic E-state index is 0.117. The van der Waals surface area contributed by atoms with Gasteiger partial charge in [0.15, 0.2) is 40.7 Å². The minimum atomic E-state index is -2.71. The van der Waals surface area contributed by atoms with Gasteiger partial charge in [-0.15, -0.1) is 0 Å². The van der Waals surface area contributed by atoms with Gasteiger partial charge in [0.2, 0.25) is 5.82 Å². The molecule has 0 unspecified atom stereocenters. The SMILES string of the molecule is Fc1cc(F)c(F)c(OB(Oc2cc(F)cc(F)c2F)Oc2c(F)ccc(F)c2F)c1. The van der Waals surface area contributed by atoms with Crippen LogP contribution in [0.2, 0.25) is 0 Å². The Labute approximate surface area is 167 Å². The Balaban J connectivity index is 2.04. The highest BCUT2D eigenvalue weighted by atomic mass is 19.2. The largest absolute Gasteiger partial charge is 0.864 e. The van der Waals surface area contributed by atoms with Gasteiger partial charge in [-0.1, -0.05) is 0 Å². The highest BCUT2D eigenvalue weighted by Gasteiger charge is 2.36. The van der Waals surface area contributed by atoms with Crippen LogP contribution in [0, 0.1) is 52.4 Å². The van der Waals surface area contributed by atoms with Crippen LogP contribution in [0.15, 0.2) is 36.4 Å². The first-order valence-electron chi connectivity index (χ1n) is 7.99. The summed E-state index contributed by atoms with van der Waals surface area (Å²) < 4.78 is 136. The lowest BCUT2D eigenvalue weighted by Gasteiger charge is -2.18. The van der Waals surface area contributed by atoms with Gasteiger partial charge in [-0.2, -0.15) is 13.2 Å². The third kappa shape index (κ3) is 4.81. The Hall–Kier alpha value is -3.51. The van der Waals surface area contributed by atoms with Crippen LogP contribution in [-0.2, 0) is 0 Å². The van der Waals surface area contributed by atoms with Crippen LogP contribution >= 0.6 is 0 Å². The molecule has 3 rings (SSSR count). The fourth-order valence-electron chi connectivity index (χ4n) is 2.23. The predicted octanol–water partition coefficient (Wildman–Crippen LogP) is 5.46. The normalized spacial score (nSPS) is 10.7. The van der Waals surface area contributed by atoms with Crippen LogP contribution in [0.3, 0.4) is 0 Å². The van der Waals surface area contributed by atoms with Crippen molar-refractivity contribution < 1.29 is 53.5 Å². The van der Waals surface area contributed by atoms with Gasteiger partial charge in [0.05, 0.1) is 0 Å². The van der Waals surface area contributed by atoms with Crippen molar-refractivity contribution in [2.24, 2.45) is 0 Å². The fourth-order valence-corrected chi connectivity index (χ4v) is 2.23. The molecule has 3 aromatic rings. The standard InChI is InChI=1S/C18H6BF9O3/c20-7-3-11(24)15(26)13(5-7)29-19(30-14-6-8(21)4-12(25)16(14)27)31-18-10(23)2-1-9(22)17(18)28/h1-6H. The van der Waals surface area contributed by atoms with Crippen molar-refractivity contribution in [1.29, 1.82) is 0 Å². The maximum absolute atomic E-state index is 13.9. The Morgan fingerprint density at radius 1 is 0.484 bits per heavy atom. The molecule has 0 bridgehead atoms. The highest BCUT2D eigenvalue weighted by Crippen LogP contribution is 2.29. The van der Waals surface area contributed by atoms with Crippen molar-refractivity contribution in [1.82, 2.24) is 0 Å². The molecule has 3 aromatic carbocycles. The smallest absolute Gasteiger partial charge is 0.487 e. The first-order valence-corrected chi connectivity index (χ1v) is 7.99. The van der Waals surface area contributed by atoms with Gasteiger partial charge in [-0.25, -0.2) is 26.3 Å². The first-order chi connectivity index (χ1) is 14.6. The van der Waals surface area contributed by atoms with Gasteiger partial charge < -0.3 is 14.0 Å². The summed E-state index contributed by atoms with van der Waals surface area (Å²) in [6, 6.07) is 1.50. The molecule has 3 nitrogen and oxygen atoms in total. The lowest BCUT2D eigenvalue weighted by molar-refractivity contribution is 0.273. The van der Waals surface area contributed by atoms with E-state index < -0.39 is 76.9 Å². The third-order valence-electron chi connectivity index (χ3n) is 3.58. The van der Waals surface area contributed by atoms with Gasteiger partial charge in [-0.3, -0.25) is 0 Å². The summed E-state index contributed by atoms with van der Waals surface area (Å²) in [6.07, 6.45) is 0. The van der Waals surface area contributed by atoms with Crippen LogP contribution in [0.4, 0.5) is 39.5 Å². The van der Waals surface area contributed by atoms with Crippen molar-refractivity contribution in [2.75, 3.05) is 0 Å². The molecule has 0 radical (unpaired) electrons. The van der Waals surface area contributed by atoms with Crippen LogP contribution in [-0.4, -0.2) is 7.32 Å². The Bertz CT molecular complexity index is 1080. The third-order valence-corrected chi connectivity index (χ3v) is 3.58. The van der Waals surface area contributed by atoms with E-state index in [1.54, 1.807) is 0 Å². The molecule has 0 amide bonds. The lowest BCUT2D eigenvalue weighted by Crippen LogP contribution is -2.38. The number of rotatable bonds is 6. The van der Waals surface area contributed by atoms with Gasteiger partial charge >= 0.3 is 7.32 Å². The van der Waals surface area contributed by atoms with E-state index in [0.717, 1.165) is 0 Å². The zero-order valence-corrected chi connectivity index (χ0v) is 14.7. The average molecular weight is 452 g/mol. The summed E-state index contributed by atoms with van der Waals surface area (Å²) in [5.41, 5.74) is 0. The van der Waals surface area contributed by atoms with Crippen molar-refractivity contribution in [3.8, 4) is 17.2 Å². The minimum Gasteiger partial charge on any atom is -0.487 e. The average Bonchev–Trinajstić information content (AvgIpc) is 2.69. The van der Waals surface area contributed by atoms with E-state index in [1.807, 2.05) is 0 Å². The molecular formula is C18H6BF9O3. The van der Waals surface area contributed by atoms with Crippen molar-refractivity contribution in [2.45, 2.75) is 0 Å². The second-order valence-corrected chi connectivity index (χ2v) is 5.71. The summed E-state index contributed by atoms with van der Waals surface area (Å²) in [6.45, 7) is 0. The lowest BCUT2D eigenvalue weighted by atomic mass is 10.1. The molecule has 0 aromatic heterocycles. The number of halogens is 9. The maximum atomic E-state index is 13.9. The molecule has 0 aliphatic carbocycles. The zero-order chi connectivity index (χ0) is 22.9. The van der Waals surface area contributed by atoms with E-state index in [-0.39, 0.29) is 24.3 Å². The predicted molar refractivity (Wildman–Crippen MR) is 86.6 cm³/mol. The molecule has 0 atom stereocenters. The van der Waals surface area contributed by atoms with Crippen molar-refractivity contribution >= 4 is 7.32 Å². The summed E-state index contributed by atoms with van der Waals surface area (Å²) in [4.78, 5) is 0. The molecule has 13 heteroatoms. The quantitative estimate of drug-likeness (QED) is 0.283. The molecule has 0 N–H and O–H groups in total. The van der Waals surface area contributed by atoms with E-state index in [0.29, 0.717) is 12.1 Å². The maximum Gasteiger partial charge on any atom is 0.864 e. The molecule has 0 saturated carbocycles. The Morgan fingerprint density at radius 3 is 1.42 bits per heavy atom. The molecule has 0 saturated heterocycles. The molecule has 31 heavy (non-hydrogen) atoms. The molecule has 162 valence electrons. The van der Waals surface area contributed by atoms with Crippen LogP contribution < -0.4 is 14.0 Å². The second kappa shape index (κ2) is 8.70. The van der Waals surface area contributed by atoms with Crippen molar-refractivity contribution in [3.63, 3.8) is 0 Å². The summed E-state index contributed by atoms with van der Waals surface area (Å²) in [7, 11) is -2.71. The van der Waals surface area contributed by atoms with Gasteiger partial charge in [0, 0.05) is 24.3 Å². The molecule has 0 spiro atoms. The Morgan fingerprint density at radius 2 is 0.935 bits per heavy atom. The molecule has 0 fully saturated rings. The summed E-state index contributed by atoms with van der Waals surface area (Å²) >= 11 is 0. The van der Waals surface area contributed by atoms with E-state index >= 15 is 0 Å². The second-order valence-electron chi connectivity index (χ2n) is 5.71. The van der Waals surface area contributed by atoms with Crippen molar-refractivity contribution in [3.05, 3.63) is 88.8 Å². The van der Waals surface area contributed by atoms with E-state index in [9.17, 15) is 39.5 Å². The van der Waals surface area contributed by atoms with E-state index in [1.165, 1.54) is 0 Å². The van der Waals surface area contributed by atoms with Gasteiger partial charge in [-0.05, 0) is 12.1 Å². The van der Waals surface area contributed by atoms with Crippen LogP contribution in [0.25, 0.3) is 0 Å². The highest BCUT2D eigenvalue weighted by molar-refractivity contribution is 6.39. The molecule has 0 aliphatic rings. The van der Waals surface area contributed by atoms with Gasteiger partial charge in [0.25, 0.3) is 0 Å². The number of benzene rings is 3. The number of hydrogen-bond acceptors (Lipinski definition) is 3. The van der Waals surface area contributed by atoms with E-state index in [4.69, 9.17) is 0 Å². The fraction of sp³-hybridized carbons (Fsp3) is 0. The summed E-state index contributed by atoms with van der Waals surface area (Å²) in [5, 5.41) is 0. The first kappa shape index (κ1) is 22.2. The van der Waals surface area contributed by atoms with Crippen LogP contribution in [0.5, 0.6) is 17.2 Å². The topological polar surface area (TPSA) is 27.7 Å². The van der Waals surface area contributed by atoms with Crippen LogP contribution in [0.1, 0.15) is 0 Å². The molecule has 0 heterocycles. The molecule has 0 aliphatic heterocycles. The zero-order valence-electron chi connectivity index (χ0n) is 14.7.